The van der Waals surface area contributed by atoms with E-state index in [1.807, 2.05) is 19.9 Å². The van der Waals surface area contributed by atoms with Gasteiger partial charge in [0.25, 0.3) is 0 Å². The minimum absolute atomic E-state index is 0.00478. The van der Waals surface area contributed by atoms with Crippen LogP contribution in [-0.4, -0.2) is 23.5 Å². The predicted molar refractivity (Wildman–Crippen MR) is 65.2 cm³/mol. The fourth-order valence-electron chi connectivity index (χ4n) is 0.883. The lowest BCUT2D eigenvalue weighted by atomic mass is 10.1. The van der Waals surface area contributed by atoms with Gasteiger partial charge in [-0.05, 0) is 31.5 Å². The Labute approximate surface area is 99.6 Å². The maximum absolute atomic E-state index is 9.01. The Kier molecular flexibility index (Phi) is 4.14. The quantitative estimate of drug-likeness (QED) is 0.816. The van der Waals surface area contributed by atoms with Crippen LogP contribution in [0.3, 0.4) is 0 Å². The van der Waals surface area contributed by atoms with Crippen molar-refractivity contribution >= 4 is 29.4 Å². The second-order valence-electron chi connectivity index (χ2n) is 3.90. The molecule has 0 fully saturated rings. The first-order valence-corrected chi connectivity index (χ1v) is 5.31. The molecule has 0 unspecified atom stereocenters. The third-order valence-corrected chi connectivity index (χ3v) is 2.63. The van der Waals surface area contributed by atoms with E-state index in [1.165, 1.54) is 0 Å². The number of benzene rings is 1. The van der Waals surface area contributed by atoms with Gasteiger partial charge in [0, 0.05) is 6.21 Å². The number of hydrogen-bond donors (Lipinski definition) is 1. The van der Waals surface area contributed by atoms with Crippen LogP contribution in [0.2, 0.25) is 10.0 Å². The van der Waals surface area contributed by atoms with Crippen LogP contribution >= 0.6 is 23.2 Å². The number of halogens is 2. The minimum Gasteiger partial charge on any atom is -0.394 e. The number of rotatable bonds is 3. The van der Waals surface area contributed by atoms with Gasteiger partial charge in [-0.15, -0.1) is 0 Å². The summed E-state index contributed by atoms with van der Waals surface area (Å²) in [7, 11) is 0. The number of hydrogen-bond acceptors (Lipinski definition) is 2. The number of nitrogens with zero attached hydrogens (tertiary/aromatic N) is 1. The van der Waals surface area contributed by atoms with E-state index in [-0.39, 0.29) is 6.61 Å². The molecule has 1 aromatic rings. The van der Waals surface area contributed by atoms with Crippen LogP contribution in [0.4, 0.5) is 0 Å². The van der Waals surface area contributed by atoms with E-state index in [9.17, 15) is 0 Å². The summed E-state index contributed by atoms with van der Waals surface area (Å²) >= 11 is 11.6. The van der Waals surface area contributed by atoms with Gasteiger partial charge in [0.05, 0.1) is 22.2 Å². The smallest absolute Gasteiger partial charge is 0.0782 e. The second kappa shape index (κ2) is 4.97. The Bertz CT molecular complexity index is 375. The largest absolute Gasteiger partial charge is 0.394 e. The van der Waals surface area contributed by atoms with Crippen molar-refractivity contribution in [3.63, 3.8) is 0 Å². The van der Waals surface area contributed by atoms with Crippen molar-refractivity contribution in [2.45, 2.75) is 19.4 Å². The lowest BCUT2D eigenvalue weighted by Gasteiger charge is -2.14. The van der Waals surface area contributed by atoms with Crippen molar-refractivity contribution in [3.8, 4) is 0 Å². The molecule has 0 aliphatic rings. The molecule has 0 radical (unpaired) electrons. The first-order valence-electron chi connectivity index (χ1n) is 4.56. The summed E-state index contributed by atoms with van der Waals surface area (Å²) in [6.45, 7) is 3.70. The van der Waals surface area contributed by atoms with E-state index in [2.05, 4.69) is 4.99 Å². The van der Waals surface area contributed by atoms with Gasteiger partial charge < -0.3 is 5.11 Å². The number of aliphatic imine (C=N–C) groups is 1. The summed E-state index contributed by atoms with van der Waals surface area (Å²) in [5.74, 6) is 0. The summed E-state index contributed by atoms with van der Waals surface area (Å²) in [6, 6.07) is 5.28. The summed E-state index contributed by atoms with van der Waals surface area (Å²) in [5.41, 5.74) is 0.400. The topological polar surface area (TPSA) is 32.6 Å². The highest BCUT2D eigenvalue weighted by atomic mass is 35.5. The molecule has 15 heavy (non-hydrogen) atoms. The third kappa shape index (κ3) is 3.82. The van der Waals surface area contributed by atoms with Crippen molar-refractivity contribution in [2.24, 2.45) is 4.99 Å². The fourth-order valence-corrected chi connectivity index (χ4v) is 1.19. The average Bonchev–Trinajstić information content (AvgIpc) is 2.20. The zero-order chi connectivity index (χ0) is 11.5. The molecule has 2 nitrogen and oxygen atoms in total. The Balaban J connectivity index is 2.86. The lowest BCUT2D eigenvalue weighted by Crippen LogP contribution is -2.21. The van der Waals surface area contributed by atoms with E-state index in [0.29, 0.717) is 10.0 Å². The molecule has 0 saturated heterocycles. The molecular weight excluding hydrogens is 233 g/mol. The molecule has 0 saturated carbocycles. The van der Waals surface area contributed by atoms with Crippen molar-refractivity contribution in [1.82, 2.24) is 0 Å². The zero-order valence-corrected chi connectivity index (χ0v) is 10.2. The van der Waals surface area contributed by atoms with Crippen LogP contribution in [0.5, 0.6) is 0 Å². The van der Waals surface area contributed by atoms with Gasteiger partial charge >= 0.3 is 0 Å². The van der Waals surface area contributed by atoms with Gasteiger partial charge in [-0.1, -0.05) is 29.3 Å². The van der Waals surface area contributed by atoms with Gasteiger partial charge in [0.15, 0.2) is 0 Å². The number of aliphatic hydroxyl groups excluding tert-OH is 1. The molecular formula is C11H13Cl2NO. The van der Waals surface area contributed by atoms with Gasteiger partial charge in [0.2, 0.25) is 0 Å². The van der Waals surface area contributed by atoms with E-state index >= 15 is 0 Å². The maximum Gasteiger partial charge on any atom is 0.0782 e. The SMILES string of the molecule is CC(C)(CO)N=Cc1ccc(Cl)c(Cl)c1. The third-order valence-electron chi connectivity index (χ3n) is 1.89. The molecule has 0 spiro atoms. The Morgan fingerprint density at radius 2 is 2.00 bits per heavy atom. The molecule has 82 valence electrons. The van der Waals surface area contributed by atoms with E-state index in [4.69, 9.17) is 28.3 Å². The molecule has 1 N–H and O–H groups in total. The lowest BCUT2D eigenvalue weighted by molar-refractivity contribution is 0.223. The summed E-state index contributed by atoms with van der Waals surface area (Å²) in [5, 5.41) is 10.0. The molecule has 0 amide bonds. The standard InChI is InChI=1S/C11H13Cl2NO/c1-11(2,7-15)14-6-8-3-4-9(12)10(13)5-8/h3-6,15H,7H2,1-2H3. The fraction of sp³-hybridized carbons (Fsp3) is 0.364. The maximum atomic E-state index is 9.01. The summed E-state index contributed by atoms with van der Waals surface area (Å²) in [4.78, 5) is 4.24. The molecule has 0 aliphatic carbocycles. The normalized spacial score (nSPS) is 12.3. The van der Waals surface area contributed by atoms with Gasteiger partial charge in [-0.2, -0.15) is 0 Å². The van der Waals surface area contributed by atoms with Gasteiger partial charge in [0.1, 0.15) is 0 Å². The van der Waals surface area contributed by atoms with Crippen LogP contribution in [-0.2, 0) is 0 Å². The first kappa shape index (κ1) is 12.5. The minimum atomic E-state index is -0.466. The summed E-state index contributed by atoms with van der Waals surface area (Å²) in [6.07, 6.45) is 1.68. The molecule has 0 atom stereocenters. The molecule has 0 aromatic heterocycles. The van der Waals surface area contributed by atoms with E-state index in [0.717, 1.165) is 5.56 Å². The highest BCUT2D eigenvalue weighted by Gasteiger charge is 2.12. The van der Waals surface area contributed by atoms with Crippen molar-refractivity contribution in [1.29, 1.82) is 0 Å². The molecule has 0 heterocycles. The van der Waals surface area contributed by atoms with Crippen LogP contribution in [0, 0.1) is 0 Å². The van der Waals surface area contributed by atoms with Gasteiger partial charge in [-0.25, -0.2) is 0 Å². The average molecular weight is 246 g/mol. The zero-order valence-electron chi connectivity index (χ0n) is 8.67. The molecule has 0 bridgehead atoms. The van der Waals surface area contributed by atoms with E-state index in [1.54, 1.807) is 18.3 Å². The highest BCUT2D eigenvalue weighted by molar-refractivity contribution is 6.42. The van der Waals surface area contributed by atoms with E-state index < -0.39 is 5.54 Å². The Morgan fingerprint density at radius 1 is 1.33 bits per heavy atom. The molecule has 4 heteroatoms. The predicted octanol–water partition coefficient (Wildman–Crippen LogP) is 3.18. The van der Waals surface area contributed by atoms with Crippen molar-refractivity contribution in [2.75, 3.05) is 6.61 Å². The monoisotopic (exact) mass is 245 g/mol. The van der Waals surface area contributed by atoms with Crippen LogP contribution in [0.1, 0.15) is 19.4 Å². The Hall–Kier alpha value is -0.570. The highest BCUT2D eigenvalue weighted by Crippen LogP contribution is 2.22. The van der Waals surface area contributed by atoms with Crippen molar-refractivity contribution < 1.29 is 5.11 Å². The van der Waals surface area contributed by atoms with Crippen LogP contribution < -0.4 is 0 Å². The molecule has 0 aliphatic heterocycles. The van der Waals surface area contributed by atoms with Gasteiger partial charge in [-0.3, -0.25) is 4.99 Å². The van der Waals surface area contributed by atoms with Crippen LogP contribution in [0.15, 0.2) is 23.2 Å². The molecule has 1 rings (SSSR count). The van der Waals surface area contributed by atoms with Crippen molar-refractivity contribution in [3.05, 3.63) is 33.8 Å². The summed E-state index contributed by atoms with van der Waals surface area (Å²) < 4.78 is 0. The Morgan fingerprint density at radius 3 is 2.53 bits per heavy atom. The number of aliphatic hydroxyl groups is 1. The molecule has 1 aromatic carbocycles. The first-order chi connectivity index (χ1) is 6.94. The van der Waals surface area contributed by atoms with Crippen LogP contribution in [0.25, 0.3) is 0 Å². The second-order valence-corrected chi connectivity index (χ2v) is 4.72.